The summed E-state index contributed by atoms with van der Waals surface area (Å²) in [4.78, 5) is 2.38. The lowest BCUT2D eigenvalue weighted by Crippen LogP contribution is -2.46. The Kier molecular flexibility index (Phi) is 7.24. The summed E-state index contributed by atoms with van der Waals surface area (Å²) in [6, 6.07) is 8.02. The van der Waals surface area contributed by atoms with Crippen LogP contribution < -0.4 is 0 Å². The van der Waals surface area contributed by atoms with Crippen molar-refractivity contribution in [2.24, 2.45) is 0 Å². The third-order valence-electron chi connectivity index (χ3n) is 6.83. The topological polar surface area (TPSA) is 12.5 Å². The summed E-state index contributed by atoms with van der Waals surface area (Å²) in [5.74, 6) is -0.545. The highest BCUT2D eigenvalue weighted by atomic mass is 19.4. The predicted octanol–water partition coefficient (Wildman–Crippen LogP) is 7.18. The molecule has 0 unspecified atom stereocenters. The van der Waals surface area contributed by atoms with E-state index in [0.29, 0.717) is 31.1 Å². The van der Waals surface area contributed by atoms with Crippen LogP contribution in [0, 0.1) is 5.82 Å². The largest absolute Gasteiger partial charge is 0.416 e. The van der Waals surface area contributed by atoms with E-state index in [1.165, 1.54) is 25.0 Å². The number of nitrogens with zero attached hydrogens (tertiary/aromatic N) is 1. The fourth-order valence-corrected chi connectivity index (χ4v) is 5.09. The first-order valence-electron chi connectivity index (χ1n) is 11.4. The molecule has 0 spiro atoms. The zero-order valence-electron chi connectivity index (χ0n) is 18.4. The van der Waals surface area contributed by atoms with E-state index in [2.05, 4.69) is 4.90 Å². The Morgan fingerprint density at radius 1 is 0.824 bits per heavy atom. The lowest BCUT2D eigenvalue weighted by atomic mass is 9.87. The molecule has 34 heavy (non-hydrogen) atoms. The van der Waals surface area contributed by atoms with Crippen LogP contribution >= 0.6 is 0 Å². The summed E-state index contributed by atoms with van der Waals surface area (Å²) >= 11 is 0. The molecule has 2 aliphatic rings. The van der Waals surface area contributed by atoms with Gasteiger partial charge in [-0.15, -0.1) is 0 Å². The van der Waals surface area contributed by atoms with Gasteiger partial charge in [0.25, 0.3) is 0 Å². The van der Waals surface area contributed by atoms with Crippen molar-refractivity contribution in [2.45, 2.75) is 69.1 Å². The Labute approximate surface area is 193 Å². The Hall–Kier alpha value is -2.13. The fraction of sp³-hybridized carbons (Fsp3) is 0.520. The number of benzene rings is 2. The molecule has 2 nitrogen and oxygen atoms in total. The van der Waals surface area contributed by atoms with Gasteiger partial charge in [0, 0.05) is 25.0 Å². The zero-order chi connectivity index (χ0) is 24.5. The van der Waals surface area contributed by atoms with E-state index in [0.717, 1.165) is 24.9 Å². The van der Waals surface area contributed by atoms with Gasteiger partial charge in [-0.3, -0.25) is 4.90 Å². The molecule has 0 bridgehead atoms. The molecule has 9 heteroatoms. The van der Waals surface area contributed by atoms with Gasteiger partial charge >= 0.3 is 12.4 Å². The van der Waals surface area contributed by atoms with Gasteiger partial charge in [-0.05, 0) is 60.7 Å². The number of hydrogen-bond acceptors (Lipinski definition) is 2. The second kappa shape index (κ2) is 9.85. The Bertz CT molecular complexity index is 932. The van der Waals surface area contributed by atoms with Crippen LogP contribution in [0.1, 0.15) is 60.3 Å². The molecule has 0 radical (unpaired) electrons. The van der Waals surface area contributed by atoms with Crippen LogP contribution in [0.5, 0.6) is 0 Å². The monoisotopic (exact) mass is 489 g/mol. The van der Waals surface area contributed by atoms with Crippen molar-refractivity contribution in [2.75, 3.05) is 13.1 Å². The number of hydrogen-bond donors (Lipinski definition) is 0. The van der Waals surface area contributed by atoms with E-state index in [-0.39, 0.29) is 30.0 Å². The van der Waals surface area contributed by atoms with E-state index in [1.807, 2.05) is 0 Å². The Morgan fingerprint density at radius 2 is 1.41 bits per heavy atom. The molecular weight excluding hydrogens is 463 g/mol. The quantitative estimate of drug-likeness (QED) is 0.413. The predicted molar refractivity (Wildman–Crippen MR) is 113 cm³/mol. The first kappa shape index (κ1) is 25.0. The standard InChI is InChI=1S/C25H26F7NO/c26-20-7-5-17(6-8-20)22-14-33(21-3-1-2-4-21)10-9-23(22)34-15-16-11-18(24(27,28)29)13-19(12-16)25(30,31)32/h5-8,11-13,21-23H,1-4,9-10,14-15H2/t22-,23+/m1/s1. The third kappa shape index (κ3) is 5.92. The maximum absolute atomic E-state index is 13.5. The molecule has 1 aliphatic heterocycles. The molecule has 2 atom stereocenters. The number of rotatable bonds is 5. The average molecular weight is 489 g/mol. The smallest absolute Gasteiger partial charge is 0.373 e. The van der Waals surface area contributed by atoms with Crippen LogP contribution in [0.2, 0.25) is 0 Å². The van der Waals surface area contributed by atoms with Gasteiger partial charge in [0.15, 0.2) is 0 Å². The molecule has 0 amide bonds. The number of ether oxygens (including phenoxy) is 1. The molecule has 1 saturated heterocycles. The summed E-state index contributed by atoms with van der Waals surface area (Å²) in [6.45, 7) is 1.01. The van der Waals surface area contributed by atoms with Gasteiger partial charge in [0.1, 0.15) is 5.82 Å². The molecule has 0 N–H and O–H groups in total. The zero-order valence-corrected chi connectivity index (χ0v) is 18.4. The molecule has 0 aromatic heterocycles. The van der Waals surface area contributed by atoms with E-state index < -0.39 is 29.6 Å². The number of likely N-dealkylation sites (tertiary alicyclic amines) is 1. The molecule has 1 heterocycles. The Morgan fingerprint density at radius 3 is 1.97 bits per heavy atom. The lowest BCUT2D eigenvalue weighted by molar-refractivity contribution is -0.143. The second-order valence-corrected chi connectivity index (χ2v) is 9.14. The van der Waals surface area contributed by atoms with E-state index >= 15 is 0 Å². The molecule has 1 saturated carbocycles. The highest BCUT2D eigenvalue weighted by molar-refractivity contribution is 5.33. The van der Waals surface area contributed by atoms with E-state index in [1.54, 1.807) is 12.1 Å². The van der Waals surface area contributed by atoms with Gasteiger partial charge < -0.3 is 4.74 Å². The van der Waals surface area contributed by atoms with Gasteiger partial charge in [-0.1, -0.05) is 25.0 Å². The van der Waals surface area contributed by atoms with Gasteiger partial charge in [-0.25, -0.2) is 4.39 Å². The minimum absolute atomic E-state index is 0.116. The molecule has 2 aromatic carbocycles. The summed E-state index contributed by atoms with van der Waals surface area (Å²) < 4.78 is 98.6. The minimum Gasteiger partial charge on any atom is -0.373 e. The first-order valence-corrected chi connectivity index (χ1v) is 11.4. The van der Waals surface area contributed by atoms with Crippen LogP contribution in [-0.2, 0) is 23.7 Å². The Balaban J connectivity index is 1.55. The van der Waals surface area contributed by atoms with Crippen molar-refractivity contribution in [1.82, 2.24) is 4.90 Å². The first-order chi connectivity index (χ1) is 16.0. The summed E-state index contributed by atoms with van der Waals surface area (Å²) in [5, 5.41) is 0. The van der Waals surface area contributed by atoms with Crippen molar-refractivity contribution in [3.8, 4) is 0 Å². The van der Waals surface area contributed by atoms with Gasteiger partial charge in [-0.2, -0.15) is 26.3 Å². The second-order valence-electron chi connectivity index (χ2n) is 9.14. The highest BCUT2D eigenvalue weighted by Gasteiger charge is 2.38. The van der Waals surface area contributed by atoms with Gasteiger partial charge in [0.2, 0.25) is 0 Å². The van der Waals surface area contributed by atoms with Gasteiger partial charge in [0.05, 0.1) is 23.8 Å². The fourth-order valence-electron chi connectivity index (χ4n) is 5.09. The van der Waals surface area contributed by atoms with Crippen molar-refractivity contribution in [3.63, 3.8) is 0 Å². The third-order valence-corrected chi connectivity index (χ3v) is 6.83. The van der Waals surface area contributed by atoms with Crippen molar-refractivity contribution in [3.05, 3.63) is 70.5 Å². The number of halogens is 7. The molecule has 186 valence electrons. The van der Waals surface area contributed by atoms with Crippen LogP contribution in [0.15, 0.2) is 42.5 Å². The maximum Gasteiger partial charge on any atom is 0.416 e. The lowest BCUT2D eigenvalue weighted by Gasteiger charge is -2.41. The van der Waals surface area contributed by atoms with Crippen LogP contribution in [0.3, 0.4) is 0 Å². The molecule has 2 aromatic rings. The molecular formula is C25H26F7NO. The number of piperidine rings is 1. The molecule has 4 rings (SSSR count). The van der Waals surface area contributed by atoms with Crippen molar-refractivity contribution < 1.29 is 35.5 Å². The highest BCUT2D eigenvalue weighted by Crippen LogP contribution is 2.38. The average Bonchev–Trinajstić information content (AvgIpc) is 3.32. The minimum atomic E-state index is -4.90. The molecule has 1 aliphatic carbocycles. The van der Waals surface area contributed by atoms with Crippen molar-refractivity contribution in [1.29, 1.82) is 0 Å². The van der Waals surface area contributed by atoms with Crippen LogP contribution in [0.4, 0.5) is 30.7 Å². The molecule has 2 fully saturated rings. The number of alkyl halides is 6. The maximum atomic E-state index is 13.5. The SMILES string of the molecule is Fc1ccc([C@H]2CN(C3CCCC3)CC[C@@H]2OCc2cc(C(F)(F)F)cc(C(F)(F)F)c2)cc1. The van der Waals surface area contributed by atoms with E-state index in [9.17, 15) is 30.7 Å². The summed E-state index contributed by atoms with van der Waals surface area (Å²) in [7, 11) is 0. The van der Waals surface area contributed by atoms with E-state index in [4.69, 9.17) is 4.74 Å². The normalized spacial score (nSPS) is 22.9. The summed E-state index contributed by atoms with van der Waals surface area (Å²) in [5.41, 5.74) is -2.05. The summed E-state index contributed by atoms with van der Waals surface area (Å²) in [6.07, 6.45) is -5.09. The van der Waals surface area contributed by atoms with Crippen LogP contribution in [-0.4, -0.2) is 30.1 Å². The van der Waals surface area contributed by atoms with Crippen LogP contribution in [0.25, 0.3) is 0 Å². The van der Waals surface area contributed by atoms with Crippen molar-refractivity contribution >= 4 is 0 Å².